The molecule has 11 heteroatoms. The minimum Gasteiger partial charge on any atom is -0.365 e. The van der Waals surface area contributed by atoms with Crippen LogP contribution >= 0.6 is 24.0 Å². The van der Waals surface area contributed by atoms with Crippen molar-refractivity contribution < 1.29 is 13.2 Å². The molecule has 0 fully saturated rings. The lowest BCUT2D eigenvalue weighted by Crippen LogP contribution is -2.36. The molecule has 1 atom stereocenters. The van der Waals surface area contributed by atoms with Crippen molar-refractivity contribution in [3.05, 3.63) is 32.0 Å². The van der Waals surface area contributed by atoms with E-state index >= 15 is 0 Å². The number of nitrogens with zero attached hydrogens (tertiary/aromatic N) is 3. The number of carbonyl (C=O) groups is 1. The number of thiol groups is 1. The Hall–Kier alpha value is -1.52. The van der Waals surface area contributed by atoms with Crippen molar-refractivity contribution in [1.29, 1.82) is 0 Å². The van der Waals surface area contributed by atoms with Gasteiger partial charge in [-0.25, -0.2) is 8.42 Å². The summed E-state index contributed by atoms with van der Waals surface area (Å²) in [7, 11) is -3.66. The number of sulfone groups is 1. The van der Waals surface area contributed by atoms with Gasteiger partial charge in [-0.1, -0.05) is 12.0 Å². The van der Waals surface area contributed by atoms with E-state index in [4.69, 9.17) is 17.0 Å². The molecule has 1 aromatic rings. The van der Waals surface area contributed by atoms with Gasteiger partial charge in [0.05, 0.1) is 14.0 Å². The SMILES string of the molecule is CC1(CN=[N+]=[N-])Cc2c(C(N)=O)sc(S)c2C(S(C)(=O)=O)=C1CN. The number of carbonyl (C=O) groups excluding carboxylic acids is 1. The number of primary amides is 1. The molecule has 0 aliphatic heterocycles. The van der Waals surface area contributed by atoms with Crippen molar-refractivity contribution >= 4 is 44.6 Å². The van der Waals surface area contributed by atoms with E-state index in [-0.39, 0.29) is 22.9 Å². The van der Waals surface area contributed by atoms with Gasteiger partial charge in [0.15, 0.2) is 9.84 Å². The molecule has 0 aromatic carbocycles. The van der Waals surface area contributed by atoms with E-state index in [1.165, 1.54) is 0 Å². The number of fused-ring (bicyclic) bond motifs is 1. The predicted octanol–water partition coefficient (Wildman–Crippen LogP) is 1.72. The van der Waals surface area contributed by atoms with E-state index in [1.807, 2.05) is 0 Å². The molecule has 2 rings (SSSR count). The fourth-order valence-corrected chi connectivity index (χ4v) is 6.02. The number of thiophene rings is 1. The van der Waals surface area contributed by atoms with Crippen LogP contribution in [0.3, 0.4) is 0 Å². The van der Waals surface area contributed by atoms with Crippen LogP contribution in [-0.4, -0.2) is 33.7 Å². The predicted molar refractivity (Wildman–Crippen MR) is 96.7 cm³/mol. The van der Waals surface area contributed by atoms with Crippen molar-refractivity contribution in [2.45, 2.75) is 17.6 Å². The van der Waals surface area contributed by atoms with Gasteiger partial charge in [-0.2, -0.15) is 0 Å². The maximum absolute atomic E-state index is 12.4. The summed E-state index contributed by atoms with van der Waals surface area (Å²) in [5.41, 5.74) is 20.5. The van der Waals surface area contributed by atoms with Crippen LogP contribution in [0.25, 0.3) is 15.3 Å². The summed E-state index contributed by atoms with van der Waals surface area (Å²) in [4.78, 5) is 14.8. The van der Waals surface area contributed by atoms with Gasteiger partial charge in [0, 0.05) is 35.2 Å². The van der Waals surface area contributed by atoms with Crippen molar-refractivity contribution in [2.75, 3.05) is 19.3 Å². The van der Waals surface area contributed by atoms with Crippen LogP contribution in [0.4, 0.5) is 0 Å². The molecule has 0 spiro atoms. The van der Waals surface area contributed by atoms with Crippen molar-refractivity contribution in [1.82, 2.24) is 0 Å². The Bertz CT molecular complexity index is 896. The highest BCUT2D eigenvalue weighted by Gasteiger charge is 2.42. The van der Waals surface area contributed by atoms with E-state index in [0.29, 0.717) is 27.3 Å². The summed E-state index contributed by atoms with van der Waals surface area (Å²) in [5, 5.41) is 3.60. The molecule has 1 aromatic heterocycles. The number of nitrogens with two attached hydrogens (primary N) is 2. The molecule has 0 saturated heterocycles. The second-order valence-corrected chi connectivity index (χ2v) is 9.59. The molecule has 130 valence electrons. The molecule has 24 heavy (non-hydrogen) atoms. The number of hydrogen-bond donors (Lipinski definition) is 3. The number of amides is 1. The van der Waals surface area contributed by atoms with Crippen LogP contribution in [0.15, 0.2) is 14.9 Å². The van der Waals surface area contributed by atoms with E-state index in [1.54, 1.807) is 6.92 Å². The molecule has 0 saturated carbocycles. The Morgan fingerprint density at radius 3 is 2.62 bits per heavy atom. The third-order valence-corrected chi connectivity index (χ3v) is 6.81. The summed E-state index contributed by atoms with van der Waals surface area (Å²) >= 11 is 5.38. The van der Waals surface area contributed by atoms with Crippen LogP contribution in [-0.2, 0) is 16.3 Å². The first-order valence-electron chi connectivity index (χ1n) is 6.86. The Labute approximate surface area is 148 Å². The topological polar surface area (TPSA) is 152 Å². The van der Waals surface area contributed by atoms with E-state index < -0.39 is 21.2 Å². The van der Waals surface area contributed by atoms with Gasteiger partial charge >= 0.3 is 0 Å². The summed E-state index contributed by atoms with van der Waals surface area (Å²) in [6.07, 6.45) is 1.37. The first kappa shape index (κ1) is 18.8. The van der Waals surface area contributed by atoms with Crippen LogP contribution < -0.4 is 11.5 Å². The van der Waals surface area contributed by atoms with Crippen molar-refractivity contribution in [3.63, 3.8) is 0 Å². The highest BCUT2D eigenvalue weighted by Crippen LogP contribution is 2.50. The van der Waals surface area contributed by atoms with Crippen LogP contribution in [0.5, 0.6) is 0 Å². The Balaban J connectivity index is 2.92. The largest absolute Gasteiger partial charge is 0.365 e. The Morgan fingerprint density at radius 1 is 1.54 bits per heavy atom. The third kappa shape index (κ3) is 3.05. The molecule has 8 nitrogen and oxygen atoms in total. The third-order valence-electron chi connectivity index (χ3n) is 4.07. The van der Waals surface area contributed by atoms with Gasteiger partial charge in [-0.3, -0.25) is 4.79 Å². The second kappa shape index (κ2) is 6.41. The smallest absolute Gasteiger partial charge is 0.259 e. The summed E-state index contributed by atoms with van der Waals surface area (Å²) in [5.74, 6) is -0.647. The average molecular weight is 388 g/mol. The van der Waals surface area contributed by atoms with Crippen LogP contribution in [0, 0.1) is 5.41 Å². The molecule has 1 aliphatic rings. The van der Waals surface area contributed by atoms with Gasteiger partial charge in [0.1, 0.15) is 0 Å². The lowest BCUT2D eigenvalue weighted by molar-refractivity contribution is 0.100. The fraction of sp³-hybridized carbons (Fsp3) is 0.462. The monoisotopic (exact) mass is 387 g/mol. The Morgan fingerprint density at radius 2 is 2.17 bits per heavy atom. The minimum atomic E-state index is -3.66. The number of hydrogen-bond acceptors (Lipinski definition) is 7. The molecule has 1 amide bonds. The first-order chi connectivity index (χ1) is 11.1. The summed E-state index contributed by atoms with van der Waals surface area (Å²) in [6, 6.07) is 0. The van der Waals surface area contributed by atoms with E-state index in [2.05, 4.69) is 22.7 Å². The highest BCUT2D eigenvalue weighted by atomic mass is 32.2. The maximum Gasteiger partial charge on any atom is 0.259 e. The van der Waals surface area contributed by atoms with Gasteiger partial charge in [-0.05, 0) is 23.1 Å². The maximum atomic E-state index is 12.4. The lowest BCUT2D eigenvalue weighted by Gasteiger charge is -2.37. The lowest BCUT2D eigenvalue weighted by atomic mass is 9.72. The molecule has 1 unspecified atom stereocenters. The number of azide groups is 1. The zero-order chi connectivity index (χ0) is 18.3. The van der Waals surface area contributed by atoms with Gasteiger partial charge in [0.2, 0.25) is 0 Å². The summed E-state index contributed by atoms with van der Waals surface area (Å²) in [6.45, 7) is 1.76. The molecule has 1 heterocycles. The molecular weight excluding hydrogens is 370 g/mol. The normalized spacial score (nSPS) is 20.5. The van der Waals surface area contributed by atoms with Crippen LogP contribution in [0.2, 0.25) is 0 Å². The van der Waals surface area contributed by atoms with Crippen LogP contribution in [0.1, 0.15) is 27.7 Å². The highest BCUT2D eigenvalue weighted by molar-refractivity contribution is 8.00. The fourth-order valence-electron chi connectivity index (χ4n) is 3.06. The van der Waals surface area contributed by atoms with Crippen molar-refractivity contribution in [2.24, 2.45) is 22.0 Å². The Kier molecular flexibility index (Phi) is 5.03. The standard InChI is InChI=1S/C13H17N5O3S3/c1-13(5-17-18-16)3-6-8(12(22)23-9(6)11(15)19)10(7(13)4-14)24(2,20)21/h22H,3-5,14H2,1-2H3,(H2,15,19). The molecule has 1 aliphatic carbocycles. The summed E-state index contributed by atoms with van der Waals surface area (Å²) < 4.78 is 25.3. The quantitative estimate of drug-likeness (QED) is 0.305. The molecule has 4 N–H and O–H groups in total. The number of rotatable bonds is 5. The zero-order valence-electron chi connectivity index (χ0n) is 13.1. The van der Waals surface area contributed by atoms with Gasteiger partial charge in [0.25, 0.3) is 5.91 Å². The minimum absolute atomic E-state index is 0.0183. The van der Waals surface area contributed by atoms with E-state index in [9.17, 15) is 13.2 Å². The molecule has 0 bridgehead atoms. The second-order valence-electron chi connectivity index (χ2n) is 5.86. The zero-order valence-corrected chi connectivity index (χ0v) is 15.6. The first-order valence-corrected chi connectivity index (χ1v) is 10.0. The van der Waals surface area contributed by atoms with Gasteiger partial charge < -0.3 is 11.5 Å². The average Bonchev–Trinajstić information content (AvgIpc) is 2.79. The van der Waals surface area contributed by atoms with E-state index in [0.717, 1.165) is 17.6 Å². The van der Waals surface area contributed by atoms with Gasteiger partial charge in [-0.15, -0.1) is 24.0 Å². The molecular formula is C13H17N5O3S3. The van der Waals surface area contributed by atoms with Crippen molar-refractivity contribution in [3.8, 4) is 0 Å². The molecule has 0 radical (unpaired) electrons.